The molecule has 0 bridgehead atoms. The van der Waals surface area contributed by atoms with E-state index < -0.39 is 0 Å². The number of nitrogens with zero attached hydrogens (tertiary/aromatic N) is 1. The lowest BCUT2D eigenvalue weighted by atomic mass is 9.89. The number of benzene rings is 1. The molecule has 1 heterocycles. The molecular formula is C18H27FN2O. The van der Waals surface area contributed by atoms with Crippen LogP contribution in [-0.2, 0) is 4.79 Å². The fourth-order valence-corrected chi connectivity index (χ4v) is 3.21. The lowest BCUT2D eigenvalue weighted by molar-refractivity contribution is -0.136. The molecule has 0 aliphatic carbocycles. The molecule has 0 aromatic heterocycles. The summed E-state index contributed by atoms with van der Waals surface area (Å²) in [6.45, 7) is 8.66. The first kappa shape index (κ1) is 16.9. The van der Waals surface area contributed by atoms with Crippen molar-refractivity contribution in [3.05, 3.63) is 35.6 Å². The Labute approximate surface area is 132 Å². The predicted octanol–water partition coefficient (Wildman–Crippen LogP) is 3.37. The fraction of sp³-hybridized carbons (Fsp3) is 0.611. The molecule has 0 spiro atoms. The molecule has 0 saturated carbocycles. The van der Waals surface area contributed by atoms with Crippen LogP contribution < -0.4 is 5.32 Å². The van der Waals surface area contributed by atoms with Crippen molar-refractivity contribution < 1.29 is 9.18 Å². The van der Waals surface area contributed by atoms with Crippen LogP contribution in [0, 0.1) is 17.7 Å². The molecule has 3 nitrogen and oxygen atoms in total. The molecule has 2 unspecified atom stereocenters. The Hall–Kier alpha value is -1.42. The summed E-state index contributed by atoms with van der Waals surface area (Å²) in [6, 6.07) is 6.53. The smallest absolute Gasteiger partial charge is 0.223 e. The van der Waals surface area contributed by atoms with E-state index in [4.69, 9.17) is 0 Å². The zero-order valence-electron chi connectivity index (χ0n) is 13.8. The molecule has 1 aromatic carbocycles. The minimum atomic E-state index is -0.246. The van der Waals surface area contributed by atoms with Gasteiger partial charge in [-0.15, -0.1) is 0 Å². The Kier molecular flexibility index (Phi) is 5.95. The predicted molar refractivity (Wildman–Crippen MR) is 87.0 cm³/mol. The highest BCUT2D eigenvalue weighted by Crippen LogP contribution is 2.26. The van der Waals surface area contributed by atoms with Gasteiger partial charge in [0.2, 0.25) is 5.91 Å². The summed E-state index contributed by atoms with van der Waals surface area (Å²) in [5.41, 5.74) is 0.873. The van der Waals surface area contributed by atoms with Gasteiger partial charge in [0.25, 0.3) is 0 Å². The van der Waals surface area contributed by atoms with Crippen LogP contribution >= 0.6 is 0 Å². The minimum absolute atomic E-state index is 0.0679. The molecule has 1 aliphatic rings. The van der Waals surface area contributed by atoms with Crippen LogP contribution in [0.4, 0.5) is 4.39 Å². The maximum absolute atomic E-state index is 13.5. The van der Waals surface area contributed by atoms with Gasteiger partial charge >= 0.3 is 0 Å². The first-order valence-corrected chi connectivity index (χ1v) is 8.28. The first-order chi connectivity index (χ1) is 10.5. The van der Waals surface area contributed by atoms with Gasteiger partial charge in [0, 0.05) is 26.1 Å². The minimum Gasteiger partial charge on any atom is -0.333 e. The van der Waals surface area contributed by atoms with E-state index in [1.807, 2.05) is 11.0 Å². The normalized spacial score (nSPS) is 20.2. The average Bonchev–Trinajstić information content (AvgIpc) is 2.52. The molecular weight excluding hydrogens is 279 g/mol. The van der Waals surface area contributed by atoms with Gasteiger partial charge in [-0.05, 0) is 29.5 Å². The summed E-state index contributed by atoms with van der Waals surface area (Å²) in [4.78, 5) is 14.7. The number of carbonyl (C=O) groups is 1. The van der Waals surface area contributed by atoms with Crippen molar-refractivity contribution in [2.45, 2.75) is 39.7 Å². The summed E-state index contributed by atoms with van der Waals surface area (Å²) in [5, 5.41) is 3.31. The second-order valence-electron chi connectivity index (χ2n) is 6.48. The van der Waals surface area contributed by atoms with Gasteiger partial charge < -0.3 is 10.2 Å². The van der Waals surface area contributed by atoms with Gasteiger partial charge in [-0.2, -0.15) is 0 Å². The summed E-state index contributed by atoms with van der Waals surface area (Å²) >= 11 is 0. The Morgan fingerprint density at radius 2 is 2.23 bits per heavy atom. The van der Waals surface area contributed by atoms with E-state index in [-0.39, 0.29) is 17.8 Å². The summed E-state index contributed by atoms with van der Waals surface area (Å²) in [5.74, 6) is 0.862. The van der Waals surface area contributed by atoms with E-state index >= 15 is 0 Å². The molecule has 1 saturated heterocycles. The van der Waals surface area contributed by atoms with Crippen LogP contribution in [-0.4, -0.2) is 30.4 Å². The van der Waals surface area contributed by atoms with Crippen molar-refractivity contribution in [1.82, 2.24) is 10.2 Å². The molecule has 2 rings (SSSR count). The van der Waals surface area contributed by atoms with Crippen LogP contribution in [0.5, 0.6) is 0 Å². The molecule has 22 heavy (non-hydrogen) atoms. The number of hydrogen-bond acceptors (Lipinski definition) is 2. The van der Waals surface area contributed by atoms with Crippen LogP contribution in [0.25, 0.3) is 0 Å². The molecule has 1 N–H and O–H groups in total. The van der Waals surface area contributed by atoms with E-state index in [1.165, 1.54) is 12.1 Å². The van der Waals surface area contributed by atoms with Crippen molar-refractivity contribution in [3.63, 3.8) is 0 Å². The average molecular weight is 306 g/mol. The molecule has 1 fully saturated rings. The summed E-state index contributed by atoms with van der Waals surface area (Å²) in [7, 11) is 0. The standard InChI is InChI=1S/C18H27FN2O/c1-4-14(13(2)3)11-18(22)21-9-8-20-12-17(21)15-6-5-7-16(19)10-15/h5-7,10,13-14,17,20H,4,8-9,11-12H2,1-3H3. The van der Waals surface area contributed by atoms with Gasteiger partial charge in [-0.3, -0.25) is 4.79 Å². The lowest BCUT2D eigenvalue weighted by Gasteiger charge is -2.37. The maximum Gasteiger partial charge on any atom is 0.223 e. The topological polar surface area (TPSA) is 32.3 Å². The van der Waals surface area contributed by atoms with Gasteiger partial charge in [0.05, 0.1) is 6.04 Å². The summed E-state index contributed by atoms with van der Waals surface area (Å²) in [6.07, 6.45) is 1.60. The van der Waals surface area contributed by atoms with Gasteiger partial charge in [0.1, 0.15) is 5.82 Å². The Morgan fingerprint density at radius 3 is 2.86 bits per heavy atom. The van der Waals surface area contributed by atoms with E-state index in [0.29, 0.717) is 31.3 Å². The van der Waals surface area contributed by atoms with E-state index in [2.05, 4.69) is 26.1 Å². The monoisotopic (exact) mass is 306 g/mol. The third-order valence-corrected chi connectivity index (χ3v) is 4.70. The van der Waals surface area contributed by atoms with E-state index in [0.717, 1.165) is 18.5 Å². The zero-order chi connectivity index (χ0) is 16.1. The molecule has 1 amide bonds. The third kappa shape index (κ3) is 4.07. The summed E-state index contributed by atoms with van der Waals surface area (Å²) < 4.78 is 13.5. The van der Waals surface area contributed by atoms with Crippen LogP contribution in [0.2, 0.25) is 0 Å². The van der Waals surface area contributed by atoms with Crippen LogP contribution in [0.3, 0.4) is 0 Å². The van der Waals surface area contributed by atoms with Crippen molar-refractivity contribution in [1.29, 1.82) is 0 Å². The second kappa shape index (κ2) is 7.73. The van der Waals surface area contributed by atoms with Crippen molar-refractivity contribution in [2.75, 3.05) is 19.6 Å². The second-order valence-corrected chi connectivity index (χ2v) is 6.48. The van der Waals surface area contributed by atoms with E-state index in [1.54, 1.807) is 6.07 Å². The number of hydrogen-bond donors (Lipinski definition) is 1. The van der Waals surface area contributed by atoms with Crippen molar-refractivity contribution in [3.8, 4) is 0 Å². The molecule has 4 heteroatoms. The molecule has 0 radical (unpaired) electrons. The Bertz CT molecular complexity index is 504. The molecule has 2 atom stereocenters. The largest absolute Gasteiger partial charge is 0.333 e. The number of amides is 1. The highest BCUT2D eigenvalue weighted by molar-refractivity contribution is 5.77. The molecule has 1 aliphatic heterocycles. The third-order valence-electron chi connectivity index (χ3n) is 4.70. The van der Waals surface area contributed by atoms with Crippen LogP contribution in [0.1, 0.15) is 45.2 Å². The highest BCUT2D eigenvalue weighted by atomic mass is 19.1. The van der Waals surface area contributed by atoms with Gasteiger partial charge in [-0.1, -0.05) is 39.3 Å². The van der Waals surface area contributed by atoms with Gasteiger partial charge in [0.15, 0.2) is 0 Å². The van der Waals surface area contributed by atoms with E-state index in [9.17, 15) is 9.18 Å². The number of nitrogens with one attached hydrogen (secondary N) is 1. The van der Waals surface area contributed by atoms with Crippen molar-refractivity contribution >= 4 is 5.91 Å². The molecule has 1 aromatic rings. The lowest BCUT2D eigenvalue weighted by Crippen LogP contribution is -2.49. The number of halogens is 1. The number of piperazine rings is 1. The van der Waals surface area contributed by atoms with Gasteiger partial charge in [-0.25, -0.2) is 4.39 Å². The SMILES string of the molecule is CCC(CC(=O)N1CCNCC1c1cccc(F)c1)C(C)C. The van der Waals surface area contributed by atoms with Crippen molar-refractivity contribution in [2.24, 2.45) is 11.8 Å². The maximum atomic E-state index is 13.5. The first-order valence-electron chi connectivity index (χ1n) is 8.28. The van der Waals surface area contributed by atoms with Crippen LogP contribution in [0.15, 0.2) is 24.3 Å². The Morgan fingerprint density at radius 1 is 1.45 bits per heavy atom. The molecule has 122 valence electrons. The highest BCUT2D eigenvalue weighted by Gasteiger charge is 2.29. The Balaban J connectivity index is 2.14. The quantitative estimate of drug-likeness (QED) is 0.904. The fourth-order valence-electron chi connectivity index (χ4n) is 3.21. The number of carbonyl (C=O) groups excluding carboxylic acids is 1. The number of rotatable bonds is 5. The zero-order valence-corrected chi connectivity index (χ0v) is 13.8.